The zero-order valence-electron chi connectivity index (χ0n) is 12.0. The van der Waals surface area contributed by atoms with E-state index in [1.165, 1.54) is 5.56 Å². The topological polar surface area (TPSA) is 29.9 Å². The lowest BCUT2D eigenvalue weighted by Crippen LogP contribution is -2.18. The molecular weight excluding hydrogens is 338 g/mol. The number of aromatic nitrogens is 2. The summed E-state index contributed by atoms with van der Waals surface area (Å²) in [7, 11) is 1.96. The highest BCUT2D eigenvalue weighted by Gasteiger charge is 2.11. The van der Waals surface area contributed by atoms with Crippen LogP contribution < -0.4 is 5.32 Å². The Bertz CT molecular complexity index is 595. The molecule has 1 heterocycles. The molecule has 0 radical (unpaired) electrons. The van der Waals surface area contributed by atoms with Crippen LogP contribution in [0.3, 0.4) is 0 Å². The summed E-state index contributed by atoms with van der Waals surface area (Å²) in [6.07, 6.45) is 3.02. The van der Waals surface area contributed by atoms with Gasteiger partial charge < -0.3 is 5.32 Å². The fraction of sp³-hybridized carbons (Fsp3) is 0.400. The second-order valence-corrected chi connectivity index (χ2v) is 6.22. The monoisotopic (exact) mass is 355 g/mol. The number of nitrogens with one attached hydrogen (secondary N) is 1. The Balaban J connectivity index is 2.06. The highest BCUT2D eigenvalue weighted by molar-refractivity contribution is 9.10. The van der Waals surface area contributed by atoms with Crippen molar-refractivity contribution in [3.05, 3.63) is 50.7 Å². The van der Waals surface area contributed by atoms with E-state index in [1.54, 1.807) is 0 Å². The van der Waals surface area contributed by atoms with E-state index in [1.807, 2.05) is 29.9 Å². The second kappa shape index (κ2) is 6.74. The van der Waals surface area contributed by atoms with Crippen molar-refractivity contribution in [3.63, 3.8) is 0 Å². The zero-order valence-corrected chi connectivity index (χ0v) is 14.3. The Hall–Kier alpha value is -0.840. The Morgan fingerprint density at radius 3 is 2.85 bits per heavy atom. The molecule has 2 aromatic rings. The summed E-state index contributed by atoms with van der Waals surface area (Å²) in [5.41, 5.74) is 3.50. The van der Waals surface area contributed by atoms with Gasteiger partial charge in [-0.25, -0.2) is 0 Å². The van der Waals surface area contributed by atoms with Gasteiger partial charge in [-0.1, -0.05) is 40.5 Å². The number of hydrogen-bond donors (Lipinski definition) is 1. The standard InChI is InChI=1S/C15H19BrClN3/c1-4-15-11(9-20(3)19-15)8-18-10(2)13-6-5-12(16)7-14(13)17/h5-7,9-10,18H,4,8H2,1-3H3. The lowest BCUT2D eigenvalue weighted by molar-refractivity contribution is 0.572. The number of aryl methyl sites for hydroxylation is 2. The van der Waals surface area contributed by atoms with E-state index in [0.717, 1.165) is 33.7 Å². The lowest BCUT2D eigenvalue weighted by atomic mass is 10.1. The van der Waals surface area contributed by atoms with E-state index in [0.29, 0.717) is 0 Å². The molecule has 2 rings (SSSR count). The molecular formula is C15H19BrClN3. The summed E-state index contributed by atoms with van der Waals surface area (Å²) in [5, 5.41) is 8.74. The van der Waals surface area contributed by atoms with Crippen LogP contribution in [0.1, 0.15) is 36.7 Å². The molecule has 0 aliphatic carbocycles. The van der Waals surface area contributed by atoms with Crippen molar-refractivity contribution in [1.82, 2.24) is 15.1 Å². The third-order valence-corrected chi connectivity index (χ3v) is 4.17. The summed E-state index contributed by atoms with van der Waals surface area (Å²) in [5.74, 6) is 0. The molecule has 1 N–H and O–H groups in total. The van der Waals surface area contributed by atoms with Crippen LogP contribution in [0.25, 0.3) is 0 Å². The fourth-order valence-corrected chi connectivity index (χ4v) is 3.09. The fourth-order valence-electron chi connectivity index (χ4n) is 2.25. The van der Waals surface area contributed by atoms with E-state index in [-0.39, 0.29) is 6.04 Å². The van der Waals surface area contributed by atoms with Crippen molar-refractivity contribution >= 4 is 27.5 Å². The van der Waals surface area contributed by atoms with Crippen molar-refractivity contribution in [1.29, 1.82) is 0 Å². The molecule has 0 aliphatic heterocycles. The molecule has 0 fully saturated rings. The van der Waals surface area contributed by atoms with Gasteiger partial charge >= 0.3 is 0 Å². The van der Waals surface area contributed by atoms with Crippen LogP contribution in [-0.2, 0) is 20.0 Å². The van der Waals surface area contributed by atoms with Gasteiger partial charge in [0, 0.05) is 40.9 Å². The van der Waals surface area contributed by atoms with Crippen molar-refractivity contribution in [3.8, 4) is 0 Å². The Kier molecular flexibility index (Phi) is 5.24. The summed E-state index contributed by atoms with van der Waals surface area (Å²) in [4.78, 5) is 0. The van der Waals surface area contributed by atoms with E-state index in [4.69, 9.17) is 11.6 Å². The molecule has 108 valence electrons. The zero-order chi connectivity index (χ0) is 14.7. The Morgan fingerprint density at radius 2 is 2.20 bits per heavy atom. The van der Waals surface area contributed by atoms with E-state index in [9.17, 15) is 0 Å². The number of rotatable bonds is 5. The lowest BCUT2D eigenvalue weighted by Gasteiger charge is -2.16. The van der Waals surface area contributed by atoms with Gasteiger partial charge in [0.25, 0.3) is 0 Å². The molecule has 3 nitrogen and oxygen atoms in total. The Labute approximate surface area is 133 Å². The van der Waals surface area contributed by atoms with E-state index < -0.39 is 0 Å². The maximum Gasteiger partial charge on any atom is 0.0666 e. The molecule has 1 unspecified atom stereocenters. The number of halogens is 2. The molecule has 0 saturated heterocycles. The first-order valence-electron chi connectivity index (χ1n) is 6.71. The van der Waals surface area contributed by atoms with Crippen molar-refractivity contribution in [2.45, 2.75) is 32.9 Å². The first-order chi connectivity index (χ1) is 9.51. The third-order valence-electron chi connectivity index (χ3n) is 3.35. The molecule has 0 saturated carbocycles. The second-order valence-electron chi connectivity index (χ2n) is 4.90. The van der Waals surface area contributed by atoms with Crippen molar-refractivity contribution < 1.29 is 0 Å². The van der Waals surface area contributed by atoms with Gasteiger partial charge in [-0.15, -0.1) is 0 Å². The predicted molar refractivity (Wildman–Crippen MR) is 87.0 cm³/mol. The first kappa shape index (κ1) is 15.5. The van der Waals surface area contributed by atoms with Crippen LogP contribution in [-0.4, -0.2) is 9.78 Å². The minimum atomic E-state index is 0.195. The average molecular weight is 357 g/mol. The van der Waals surface area contributed by atoms with Crippen LogP contribution >= 0.6 is 27.5 Å². The maximum absolute atomic E-state index is 6.28. The third kappa shape index (κ3) is 3.62. The molecule has 1 aromatic carbocycles. The summed E-state index contributed by atoms with van der Waals surface area (Å²) >= 11 is 9.71. The minimum Gasteiger partial charge on any atom is -0.306 e. The van der Waals surface area contributed by atoms with Gasteiger partial charge in [0.2, 0.25) is 0 Å². The molecule has 0 aliphatic rings. The van der Waals surface area contributed by atoms with Crippen LogP contribution in [0, 0.1) is 0 Å². The van der Waals surface area contributed by atoms with Crippen molar-refractivity contribution in [2.75, 3.05) is 0 Å². The number of benzene rings is 1. The minimum absolute atomic E-state index is 0.195. The molecule has 0 amide bonds. The van der Waals surface area contributed by atoms with Crippen LogP contribution in [0.15, 0.2) is 28.9 Å². The number of nitrogens with zero attached hydrogens (tertiary/aromatic N) is 2. The molecule has 1 aromatic heterocycles. The van der Waals surface area contributed by atoms with E-state index >= 15 is 0 Å². The van der Waals surface area contributed by atoms with Gasteiger partial charge in [-0.3, -0.25) is 4.68 Å². The molecule has 20 heavy (non-hydrogen) atoms. The molecule has 0 spiro atoms. The van der Waals surface area contributed by atoms with Crippen molar-refractivity contribution in [2.24, 2.45) is 7.05 Å². The quantitative estimate of drug-likeness (QED) is 0.868. The highest BCUT2D eigenvalue weighted by atomic mass is 79.9. The van der Waals surface area contributed by atoms with Crippen LogP contribution in [0.2, 0.25) is 5.02 Å². The molecule has 5 heteroatoms. The Morgan fingerprint density at radius 1 is 1.45 bits per heavy atom. The smallest absolute Gasteiger partial charge is 0.0666 e. The van der Waals surface area contributed by atoms with Gasteiger partial charge in [0.1, 0.15) is 0 Å². The maximum atomic E-state index is 6.28. The summed E-state index contributed by atoms with van der Waals surface area (Å²) in [6, 6.07) is 6.19. The van der Waals surface area contributed by atoms with Crippen LogP contribution in [0.5, 0.6) is 0 Å². The normalized spacial score (nSPS) is 12.7. The SMILES string of the molecule is CCc1nn(C)cc1CNC(C)c1ccc(Br)cc1Cl. The first-order valence-corrected chi connectivity index (χ1v) is 7.88. The summed E-state index contributed by atoms with van der Waals surface area (Å²) < 4.78 is 2.87. The highest BCUT2D eigenvalue weighted by Crippen LogP contribution is 2.26. The van der Waals surface area contributed by atoms with Gasteiger partial charge in [-0.2, -0.15) is 5.10 Å². The van der Waals surface area contributed by atoms with Gasteiger partial charge in [0.05, 0.1) is 5.69 Å². The van der Waals surface area contributed by atoms with Gasteiger partial charge in [0.15, 0.2) is 0 Å². The van der Waals surface area contributed by atoms with Crippen LogP contribution in [0.4, 0.5) is 0 Å². The van der Waals surface area contributed by atoms with Gasteiger partial charge in [-0.05, 0) is 31.0 Å². The van der Waals surface area contributed by atoms with E-state index in [2.05, 4.69) is 46.4 Å². The average Bonchev–Trinajstić information content (AvgIpc) is 2.76. The predicted octanol–water partition coefficient (Wildman–Crippen LogP) is 4.25. The summed E-state index contributed by atoms with van der Waals surface area (Å²) in [6.45, 7) is 5.04. The molecule has 0 bridgehead atoms. The molecule has 1 atom stereocenters. The number of hydrogen-bond acceptors (Lipinski definition) is 2. The largest absolute Gasteiger partial charge is 0.306 e.